The molecule has 0 aliphatic heterocycles. The van der Waals surface area contributed by atoms with Crippen LogP contribution in [0.25, 0.3) is 0 Å². The van der Waals surface area contributed by atoms with Crippen molar-refractivity contribution in [1.82, 2.24) is 10.3 Å². The molecule has 0 fully saturated rings. The molecule has 0 unspecified atom stereocenters. The molecular weight excluding hydrogens is 290 g/mol. The van der Waals surface area contributed by atoms with Crippen LogP contribution in [0.4, 0.5) is 0 Å². The molecule has 21 heavy (non-hydrogen) atoms. The summed E-state index contributed by atoms with van der Waals surface area (Å²) in [5, 5.41) is 3.34. The number of ether oxygens (including phenoxy) is 1. The van der Waals surface area contributed by atoms with E-state index < -0.39 is 0 Å². The predicted molar refractivity (Wildman–Crippen MR) is 81.4 cm³/mol. The monoisotopic (exact) mass is 305 g/mol. The first-order valence-electron chi connectivity index (χ1n) is 6.51. The Morgan fingerprint density at radius 1 is 1.29 bits per heavy atom. The molecule has 0 saturated heterocycles. The lowest BCUT2D eigenvalue weighted by atomic mass is 10.2. The molecule has 2 rings (SSSR count). The number of carbonyl (C=O) groups excluding carboxylic acids is 1. The van der Waals surface area contributed by atoms with Gasteiger partial charge in [-0.1, -0.05) is 23.7 Å². The second-order valence-corrected chi connectivity index (χ2v) is 4.75. The number of halogens is 1. The van der Waals surface area contributed by atoms with Gasteiger partial charge in [-0.15, -0.1) is 0 Å². The number of nitrogens with one attached hydrogen (secondary N) is 1. The fourth-order valence-electron chi connectivity index (χ4n) is 1.69. The van der Waals surface area contributed by atoms with E-state index in [1.807, 2.05) is 12.1 Å². The SMILES string of the molecule is NCCNC(=O)c1ncccc1OCc1ccc(Cl)cc1. The van der Waals surface area contributed by atoms with Crippen molar-refractivity contribution in [3.63, 3.8) is 0 Å². The molecule has 2 aromatic rings. The van der Waals surface area contributed by atoms with Crippen molar-refractivity contribution in [1.29, 1.82) is 0 Å². The average Bonchev–Trinajstić information content (AvgIpc) is 2.52. The first-order chi connectivity index (χ1) is 10.2. The van der Waals surface area contributed by atoms with Gasteiger partial charge in [-0.05, 0) is 29.8 Å². The summed E-state index contributed by atoms with van der Waals surface area (Å²) in [4.78, 5) is 16.0. The van der Waals surface area contributed by atoms with Crippen molar-refractivity contribution < 1.29 is 9.53 Å². The lowest BCUT2D eigenvalue weighted by Crippen LogP contribution is -2.30. The fraction of sp³-hybridized carbons (Fsp3) is 0.200. The lowest BCUT2D eigenvalue weighted by Gasteiger charge is -2.10. The van der Waals surface area contributed by atoms with E-state index in [1.54, 1.807) is 30.5 Å². The molecule has 0 aliphatic carbocycles. The Bertz CT molecular complexity index is 602. The smallest absolute Gasteiger partial charge is 0.273 e. The summed E-state index contributed by atoms with van der Waals surface area (Å²) in [5.74, 6) is 0.133. The highest BCUT2D eigenvalue weighted by Gasteiger charge is 2.13. The third-order valence-corrected chi connectivity index (χ3v) is 2.98. The number of pyridine rings is 1. The van der Waals surface area contributed by atoms with Crippen molar-refractivity contribution in [3.05, 3.63) is 58.9 Å². The van der Waals surface area contributed by atoms with E-state index in [9.17, 15) is 4.79 Å². The Hall–Kier alpha value is -2.11. The molecule has 5 nitrogen and oxygen atoms in total. The first-order valence-corrected chi connectivity index (χ1v) is 6.89. The quantitative estimate of drug-likeness (QED) is 0.856. The number of nitrogens with zero attached hydrogens (tertiary/aromatic N) is 1. The van der Waals surface area contributed by atoms with Crippen LogP contribution in [0.15, 0.2) is 42.6 Å². The molecule has 6 heteroatoms. The van der Waals surface area contributed by atoms with E-state index in [0.29, 0.717) is 30.5 Å². The maximum atomic E-state index is 12.0. The summed E-state index contributed by atoms with van der Waals surface area (Å²) in [6.07, 6.45) is 1.55. The predicted octanol–water partition coefficient (Wildman–Crippen LogP) is 2.00. The van der Waals surface area contributed by atoms with Crippen molar-refractivity contribution in [2.75, 3.05) is 13.1 Å². The molecule has 1 amide bonds. The number of nitrogens with two attached hydrogens (primary N) is 1. The zero-order valence-corrected chi connectivity index (χ0v) is 12.1. The van der Waals surface area contributed by atoms with Gasteiger partial charge in [0, 0.05) is 24.3 Å². The third kappa shape index (κ3) is 4.44. The molecule has 0 atom stereocenters. The van der Waals surface area contributed by atoms with Gasteiger partial charge in [0.1, 0.15) is 6.61 Å². The Kier molecular flexibility index (Phi) is 5.54. The van der Waals surface area contributed by atoms with Crippen LogP contribution >= 0.6 is 11.6 Å². The van der Waals surface area contributed by atoms with Crippen LogP contribution in [0, 0.1) is 0 Å². The average molecular weight is 306 g/mol. The van der Waals surface area contributed by atoms with Gasteiger partial charge in [0.05, 0.1) is 0 Å². The molecule has 0 aliphatic rings. The van der Waals surface area contributed by atoms with Crippen molar-refractivity contribution >= 4 is 17.5 Å². The summed E-state index contributed by atoms with van der Waals surface area (Å²) < 4.78 is 5.67. The van der Waals surface area contributed by atoms with Crippen molar-refractivity contribution in [3.8, 4) is 5.75 Å². The second-order valence-electron chi connectivity index (χ2n) is 4.31. The molecule has 0 radical (unpaired) electrons. The van der Waals surface area contributed by atoms with Gasteiger partial charge in [-0.2, -0.15) is 0 Å². The van der Waals surface area contributed by atoms with Crippen LogP contribution in [0.2, 0.25) is 5.02 Å². The normalized spacial score (nSPS) is 10.2. The highest BCUT2D eigenvalue weighted by atomic mass is 35.5. The standard InChI is InChI=1S/C15H16ClN3O2/c16-12-5-3-11(4-6-12)10-21-13-2-1-8-18-14(13)15(20)19-9-7-17/h1-6,8H,7,9-10,17H2,(H,19,20). The van der Waals surface area contributed by atoms with Gasteiger partial charge in [0.25, 0.3) is 5.91 Å². The maximum absolute atomic E-state index is 12.0. The number of aromatic nitrogens is 1. The van der Waals surface area contributed by atoms with Crippen LogP contribution in [0.3, 0.4) is 0 Å². The number of hydrogen-bond acceptors (Lipinski definition) is 4. The Morgan fingerprint density at radius 3 is 2.76 bits per heavy atom. The van der Waals surface area contributed by atoms with E-state index >= 15 is 0 Å². The van der Waals surface area contributed by atoms with Crippen molar-refractivity contribution in [2.45, 2.75) is 6.61 Å². The zero-order chi connectivity index (χ0) is 15.1. The second kappa shape index (κ2) is 7.61. The number of benzene rings is 1. The summed E-state index contributed by atoms with van der Waals surface area (Å²) in [6, 6.07) is 10.7. The van der Waals surface area contributed by atoms with Crippen LogP contribution in [0.1, 0.15) is 16.1 Å². The summed E-state index contributed by atoms with van der Waals surface area (Å²) >= 11 is 5.83. The molecule has 110 valence electrons. The minimum Gasteiger partial charge on any atom is -0.486 e. The lowest BCUT2D eigenvalue weighted by molar-refractivity contribution is 0.0944. The Balaban J connectivity index is 2.06. The molecule has 0 bridgehead atoms. The Morgan fingerprint density at radius 2 is 2.05 bits per heavy atom. The van der Waals surface area contributed by atoms with Gasteiger partial charge in [-0.25, -0.2) is 4.98 Å². The molecule has 0 spiro atoms. The van der Waals surface area contributed by atoms with Crippen LogP contribution in [-0.2, 0) is 6.61 Å². The molecule has 1 heterocycles. The molecule has 3 N–H and O–H groups in total. The fourth-order valence-corrected chi connectivity index (χ4v) is 1.81. The molecule has 0 saturated carbocycles. The minimum absolute atomic E-state index is 0.250. The molecule has 1 aromatic carbocycles. The van der Waals surface area contributed by atoms with E-state index in [-0.39, 0.29) is 11.6 Å². The zero-order valence-electron chi connectivity index (χ0n) is 11.4. The van der Waals surface area contributed by atoms with Gasteiger partial charge in [0.2, 0.25) is 0 Å². The van der Waals surface area contributed by atoms with Gasteiger partial charge < -0.3 is 15.8 Å². The van der Waals surface area contributed by atoms with Crippen molar-refractivity contribution in [2.24, 2.45) is 5.73 Å². The maximum Gasteiger partial charge on any atom is 0.273 e. The number of hydrogen-bond donors (Lipinski definition) is 2. The van der Waals surface area contributed by atoms with E-state index in [0.717, 1.165) is 5.56 Å². The van der Waals surface area contributed by atoms with Gasteiger partial charge in [-0.3, -0.25) is 4.79 Å². The minimum atomic E-state index is -0.299. The van der Waals surface area contributed by atoms with Gasteiger partial charge in [0.15, 0.2) is 11.4 Å². The van der Waals surface area contributed by atoms with E-state index in [2.05, 4.69) is 10.3 Å². The number of amides is 1. The number of carbonyl (C=O) groups is 1. The van der Waals surface area contributed by atoms with Crippen LogP contribution in [-0.4, -0.2) is 24.0 Å². The summed E-state index contributed by atoms with van der Waals surface area (Å²) in [5.41, 5.74) is 6.57. The van der Waals surface area contributed by atoms with Crippen LogP contribution < -0.4 is 15.8 Å². The Labute approximate surface area is 128 Å². The highest BCUT2D eigenvalue weighted by molar-refractivity contribution is 6.30. The van der Waals surface area contributed by atoms with Crippen LogP contribution in [0.5, 0.6) is 5.75 Å². The topological polar surface area (TPSA) is 77.2 Å². The summed E-state index contributed by atoms with van der Waals surface area (Å²) in [6.45, 7) is 1.10. The molecule has 1 aromatic heterocycles. The van der Waals surface area contributed by atoms with E-state index in [1.165, 1.54) is 0 Å². The number of rotatable bonds is 6. The summed E-state index contributed by atoms with van der Waals surface area (Å²) in [7, 11) is 0. The van der Waals surface area contributed by atoms with E-state index in [4.69, 9.17) is 22.1 Å². The third-order valence-electron chi connectivity index (χ3n) is 2.72. The largest absolute Gasteiger partial charge is 0.486 e. The molecular formula is C15H16ClN3O2. The van der Waals surface area contributed by atoms with Gasteiger partial charge >= 0.3 is 0 Å². The first kappa shape index (κ1) is 15.3. The highest BCUT2D eigenvalue weighted by Crippen LogP contribution is 2.18.